The SMILES string of the molecule is Cc1ccc(N)c(F)c1SCC(F)(F)F. The second-order valence-electron chi connectivity index (χ2n) is 3.02. The molecule has 0 heterocycles. The summed E-state index contributed by atoms with van der Waals surface area (Å²) in [6.45, 7) is 1.54. The predicted octanol–water partition coefficient (Wildman–Crippen LogP) is 3.37. The van der Waals surface area contributed by atoms with Crippen molar-refractivity contribution in [1.82, 2.24) is 0 Å². The van der Waals surface area contributed by atoms with E-state index in [1.165, 1.54) is 12.1 Å². The Hall–Kier alpha value is -0.910. The van der Waals surface area contributed by atoms with E-state index in [1.807, 2.05) is 0 Å². The van der Waals surface area contributed by atoms with Gasteiger partial charge in [-0.1, -0.05) is 6.07 Å². The van der Waals surface area contributed by atoms with Crippen LogP contribution in [0.5, 0.6) is 0 Å². The van der Waals surface area contributed by atoms with Crippen LogP contribution in [0.3, 0.4) is 0 Å². The Balaban J connectivity index is 2.90. The van der Waals surface area contributed by atoms with E-state index in [2.05, 4.69) is 0 Å². The molecule has 0 saturated heterocycles. The van der Waals surface area contributed by atoms with E-state index in [0.29, 0.717) is 17.3 Å². The minimum absolute atomic E-state index is 0.0349. The van der Waals surface area contributed by atoms with Crippen molar-refractivity contribution in [1.29, 1.82) is 0 Å². The van der Waals surface area contributed by atoms with Crippen LogP contribution in [-0.2, 0) is 0 Å². The molecule has 0 saturated carbocycles. The number of rotatable bonds is 2. The van der Waals surface area contributed by atoms with Gasteiger partial charge >= 0.3 is 6.18 Å². The summed E-state index contributed by atoms with van der Waals surface area (Å²) >= 11 is 0.415. The molecule has 0 atom stereocenters. The highest BCUT2D eigenvalue weighted by molar-refractivity contribution is 7.99. The smallest absolute Gasteiger partial charge is 0.396 e. The fraction of sp³-hybridized carbons (Fsp3) is 0.333. The molecule has 1 aromatic rings. The summed E-state index contributed by atoms with van der Waals surface area (Å²) in [6.07, 6.45) is -4.31. The van der Waals surface area contributed by atoms with Crippen LogP contribution >= 0.6 is 11.8 Å². The Labute approximate surface area is 88.7 Å². The highest BCUT2D eigenvalue weighted by Crippen LogP contribution is 2.33. The first-order valence-corrected chi connectivity index (χ1v) is 5.04. The molecule has 2 N–H and O–H groups in total. The molecule has 0 aliphatic carbocycles. The van der Waals surface area contributed by atoms with Crippen molar-refractivity contribution in [3.05, 3.63) is 23.5 Å². The molecule has 6 heteroatoms. The first-order chi connectivity index (χ1) is 6.81. The second kappa shape index (κ2) is 4.30. The lowest BCUT2D eigenvalue weighted by atomic mass is 10.2. The first kappa shape index (κ1) is 12.2. The second-order valence-corrected chi connectivity index (χ2v) is 4.00. The largest absolute Gasteiger partial charge is 0.398 e. The number of nitrogen functional groups attached to an aromatic ring is 1. The quantitative estimate of drug-likeness (QED) is 0.486. The fourth-order valence-corrected chi connectivity index (χ4v) is 1.85. The zero-order valence-electron chi connectivity index (χ0n) is 7.86. The van der Waals surface area contributed by atoms with Crippen molar-refractivity contribution in [2.75, 3.05) is 11.5 Å². The summed E-state index contributed by atoms with van der Waals surface area (Å²) in [6, 6.07) is 2.83. The van der Waals surface area contributed by atoms with Crippen molar-refractivity contribution in [3.8, 4) is 0 Å². The maximum absolute atomic E-state index is 13.3. The average Bonchev–Trinajstić information content (AvgIpc) is 2.10. The van der Waals surface area contributed by atoms with Crippen LogP contribution in [0.15, 0.2) is 17.0 Å². The Bertz CT molecular complexity index is 362. The highest BCUT2D eigenvalue weighted by atomic mass is 32.2. The maximum atomic E-state index is 13.3. The van der Waals surface area contributed by atoms with Crippen molar-refractivity contribution < 1.29 is 17.6 Å². The van der Waals surface area contributed by atoms with Crippen LogP contribution < -0.4 is 5.73 Å². The number of alkyl halides is 3. The third-order valence-corrected chi connectivity index (χ3v) is 2.97. The van der Waals surface area contributed by atoms with Gasteiger partial charge in [0.15, 0.2) is 5.82 Å². The van der Waals surface area contributed by atoms with Gasteiger partial charge in [-0.2, -0.15) is 13.2 Å². The molecule has 0 bridgehead atoms. The summed E-state index contributed by atoms with van der Waals surface area (Å²) in [7, 11) is 0. The lowest BCUT2D eigenvalue weighted by molar-refractivity contribution is -0.105. The van der Waals surface area contributed by atoms with Crippen molar-refractivity contribution in [2.24, 2.45) is 0 Å². The van der Waals surface area contributed by atoms with Gasteiger partial charge in [0.2, 0.25) is 0 Å². The number of hydrogen-bond acceptors (Lipinski definition) is 2. The van der Waals surface area contributed by atoms with Crippen LogP contribution in [0.2, 0.25) is 0 Å². The van der Waals surface area contributed by atoms with Crippen molar-refractivity contribution >= 4 is 17.4 Å². The highest BCUT2D eigenvalue weighted by Gasteiger charge is 2.28. The van der Waals surface area contributed by atoms with Gasteiger partial charge in [0.05, 0.1) is 11.4 Å². The van der Waals surface area contributed by atoms with Gasteiger partial charge in [0.1, 0.15) is 0 Å². The predicted molar refractivity (Wildman–Crippen MR) is 52.3 cm³/mol. The van der Waals surface area contributed by atoms with E-state index < -0.39 is 17.7 Å². The Morgan fingerprint density at radius 1 is 1.33 bits per heavy atom. The number of nitrogens with two attached hydrogens (primary N) is 1. The Morgan fingerprint density at radius 2 is 1.93 bits per heavy atom. The molecule has 15 heavy (non-hydrogen) atoms. The normalized spacial score (nSPS) is 11.8. The molecule has 0 unspecified atom stereocenters. The molecule has 1 rings (SSSR count). The standard InChI is InChI=1S/C9H9F4NS/c1-5-2-3-6(14)7(10)8(5)15-4-9(11,12)13/h2-3H,4,14H2,1H3. The molecule has 0 aliphatic heterocycles. The van der Waals surface area contributed by atoms with E-state index in [0.717, 1.165) is 0 Å². The summed E-state index contributed by atoms with van der Waals surface area (Å²) in [5, 5.41) is 0. The lowest BCUT2D eigenvalue weighted by Gasteiger charge is -2.10. The summed E-state index contributed by atoms with van der Waals surface area (Å²) in [4.78, 5) is -0.0349. The molecule has 0 spiro atoms. The van der Waals surface area contributed by atoms with Crippen LogP contribution in [0, 0.1) is 12.7 Å². The number of benzene rings is 1. The molecule has 1 nitrogen and oxygen atoms in total. The first-order valence-electron chi connectivity index (χ1n) is 4.05. The monoisotopic (exact) mass is 239 g/mol. The molecule has 1 aromatic carbocycles. The van der Waals surface area contributed by atoms with E-state index in [1.54, 1.807) is 6.92 Å². The number of halogens is 4. The van der Waals surface area contributed by atoms with Gasteiger partial charge in [0, 0.05) is 4.90 Å². The van der Waals surface area contributed by atoms with Crippen LogP contribution in [0.25, 0.3) is 0 Å². The molecule has 0 fully saturated rings. The number of hydrogen-bond donors (Lipinski definition) is 1. The van der Waals surface area contributed by atoms with Crippen LogP contribution in [-0.4, -0.2) is 11.9 Å². The minimum Gasteiger partial charge on any atom is -0.396 e. The molecular formula is C9H9F4NS. The average molecular weight is 239 g/mol. The number of aryl methyl sites for hydroxylation is 1. The zero-order chi connectivity index (χ0) is 11.6. The van der Waals surface area contributed by atoms with Gasteiger partial charge in [-0.25, -0.2) is 4.39 Å². The van der Waals surface area contributed by atoms with Gasteiger partial charge in [-0.05, 0) is 18.6 Å². The zero-order valence-corrected chi connectivity index (χ0v) is 8.68. The summed E-state index contributed by atoms with van der Waals surface area (Å²) < 4.78 is 49.1. The van der Waals surface area contributed by atoms with Gasteiger partial charge in [-0.3, -0.25) is 0 Å². The van der Waals surface area contributed by atoms with Crippen molar-refractivity contribution in [3.63, 3.8) is 0 Å². The van der Waals surface area contributed by atoms with Gasteiger partial charge in [0.25, 0.3) is 0 Å². The van der Waals surface area contributed by atoms with Gasteiger partial charge in [-0.15, -0.1) is 11.8 Å². The lowest BCUT2D eigenvalue weighted by Crippen LogP contribution is -2.11. The van der Waals surface area contributed by atoms with E-state index in [-0.39, 0.29) is 10.6 Å². The molecule has 0 aliphatic rings. The molecule has 0 amide bonds. The maximum Gasteiger partial charge on any atom is 0.398 e. The molecule has 0 aromatic heterocycles. The molecule has 0 radical (unpaired) electrons. The number of anilines is 1. The fourth-order valence-electron chi connectivity index (χ4n) is 0.999. The third-order valence-electron chi connectivity index (χ3n) is 1.70. The van der Waals surface area contributed by atoms with Gasteiger partial charge < -0.3 is 5.73 Å². The number of thioether (sulfide) groups is 1. The minimum atomic E-state index is -4.31. The van der Waals surface area contributed by atoms with E-state index >= 15 is 0 Å². The molecular weight excluding hydrogens is 230 g/mol. The van der Waals surface area contributed by atoms with E-state index in [9.17, 15) is 17.6 Å². The van der Waals surface area contributed by atoms with Crippen molar-refractivity contribution in [2.45, 2.75) is 18.0 Å². The van der Waals surface area contributed by atoms with Crippen LogP contribution in [0.4, 0.5) is 23.2 Å². The van der Waals surface area contributed by atoms with E-state index in [4.69, 9.17) is 5.73 Å². The Morgan fingerprint density at radius 3 is 2.47 bits per heavy atom. The summed E-state index contributed by atoms with van der Waals surface area (Å²) in [5.41, 5.74) is 5.58. The molecule has 84 valence electrons. The van der Waals surface area contributed by atoms with Crippen LogP contribution in [0.1, 0.15) is 5.56 Å². The topological polar surface area (TPSA) is 26.0 Å². The Kier molecular flexibility index (Phi) is 3.49. The third kappa shape index (κ3) is 3.30. The summed E-state index contributed by atoms with van der Waals surface area (Å²) in [5.74, 6) is -1.89.